The molecule has 5 heteroatoms. The molecule has 0 heterocycles. The van der Waals surface area contributed by atoms with Gasteiger partial charge in [-0.3, -0.25) is 4.79 Å². The van der Waals surface area contributed by atoms with Gasteiger partial charge in [0.15, 0.2) is 0 Å². The van der Waals surface area contributed by atoms with E-state index in [9.17, 15) is 4.79 Å². The normalized spacial score (nSPS) is 15.5. The summed E-state index contributed by atoms with van der Waals surface area (Å²) in [4.78, 5) is 11.8. The molecule has 1 aromatic rings. The molecule has 23 heavy (non-hydrogen) atoms. The Hall–Kier alpha value is -1.26. The summed E-state index contributed by atoms with van der Waals surface area (Å²) in [6, 6.07) is 7.69. The number of hydrogen-bond donors (Lipinski definition) is 2. The number of ether oxygens (including phenoxy) is 1. The number of nitrogens with one attached hydrogen (secondary N) is 1. The predicted molar refractivity (Wildman–Crippen MR) is 96.9 cm³/mol. The third kappa shape index (κ3) is 7.71. The van der Waals surface area contributed by atoms with Crippen molar-refractivity contribution in [3.8, 4) is 0 Å². The highest BCUT2D eigenvalue weighted by Gasteiger charge is 2.12. The van der Waals surface area contributed by atoms with Crippen LogP contribution in [0.3, 0.4) is 0 Å². The second-order valence-corrected chi connectivity index (χ2v) is 6.03. The highest BCUT2D eigenvalue weighted by molar-refractivity contribution is 5.85. The van der Waals surface area contributed by atoms with Crippen molar-refractivity contribution >= 4 is 24.0 Å². The minimum absolute atomic E-state index is 0. The lowest BCUT2D eigenvalue weighted by Gasteiger charge is -2.15. The molecule has 1 aromatic carbocycles. The number of nitrogen functional groups attached to an aromatic ring is 1. The minimum Gasteiger partial charge on any atom is -0.399 e. The first-order chi connectivity index (χ1) is 10.8. The third-order valence-electron chi connectivity index (χ3n) is 4.26. The molecule has 1 saturated carbocycles. The molecule has 0 aliphatic heterocycles. The van der Waals surface area contributed by atoms with Crippen LogP contribution in [0, 0.1) is 0 Å². The lowest BCUT2D eigenvalue weighted by Crippen LogP contribution is -2.29. The predicted octanol–water partition coefficient (Wildman–Crippen LogP) is 3.48. The summed E-state index contributed by atoms with van der Waals surface area (Å²) >= 11 is 0. The van der Waals surface area contributed by atoms with Gasteiger partial charge < -0.3 is 15.8 Å². The van der Waals surface area contributed by atoms with Gasteiger partial charge in [0.05, 0.1) is 12.7 Å². The molecule has 0 atom stereocenters. The summed E-state index contributed by atoms with van der Waals surface area (Å²) in [6.07, 6.45) is 9.09. The van der Waals surface area contributed by atoms with E-state index in [1.807, 2.05) is 24.3 Å². The average Bonchev–Trinajstić information content (AvgIpc) is 2.79. The average molecular weight is 341 g/mol. The van der Waals surface area contributed by atoms with Gasteiger partial charge in [0.25, 0.3) is 0 Å². The number of halogens is 1. The summed E-state index contributed by atoms with van der Waals surface area (Å²) < 4.78 is 5.86. The standard InChI is InChI=1S/C18H28N2O2.ClH/c19-17-10-6-5-7-15(17)11-12-18(21)20-13-14-22-16-8-3-1-2-4-9-16;/h5-7,10,16H,1-4,8-9,11-14,19H2,(H,20,21);1H. The van der Waals surface area contributed by atoms with Gasteiger partial charge in [0.2, 0.25) is 5.91 Å². The van der Waals surface area contributed by atoms with Crippen LogP contribution in [0.25, 0.3) is 0 Å². The molecule has 0 spiro atoms. The van der Waals surface area contributed by atoms with Crippen molar-refractivity contribution in [2.75, 3.05) is 18.9 Å². The number of benzene rings is 1. The van der Waals surface area contributed by atoms with Gasteiger partial charge in [-0.25, -0.2) is 0 Å². The van der Waals surface area contributed by atoms with Crippen LogP contribution in [0.15, 0.2) is 24.3 Å². The van der Waals surface area contributed by atoms with E-state index >= 15 is 0 Å². The van der Waals surface area contributed by atoms with Crippen molar-refractivity contribution in [2.24, 2.45) is 0 Å². The molecule has 2 rings (SSSR count). The van der Waals surface area contributed by atoms with E-state index in [0.717, 1.165) is 11.3 Å². The minimum atomic E-state index is 0. The number of amides is 1. The number of carbonyl (C=O) groups is 1. The maximum absolute atomic E-state index is 11.8. The topological polar surface area (TPSA) is 64.4 Å². The van der Waals surface area contributed by atoms with Crippen LogP contribution in [0.4, 0.5) is 5.69 Å². The zero-order chi connectivity index (χ0) is 15.6. The number of rotatable bonds is 7. The lowest BCUT2D eigenvalue weighted by molar-refractivity contribution is -0.121. The van der Waals surface area contributed by atoms with Crippen molar-refractivity contribution in [3.05, 3.63) is 29.8 Å². The maximum atomic E-state index is 11.8. The number of aryl methyl sites for hydroxylation is 1. The molecule has 1 amide bonds. The van der Waals surface area contributed by atoms with Crippen LogP contribution in [0.2, 0.25) is 0 Å². The fourth-order valence-electron chi connectivity index (χ4n) is 2.92. The molecule has 1 fully saturated rings. The summed E-state index contributed by atoms with van der Waals surface area (Å²) in [5, 5.41) is 2.92. The van der Waals surface area contributed by atoms with Gasteiger partial charge in [-0.1, -0.05) is 43.9 Å². The van der Waals surface area contributed by atoms with Crippen LogP contribution in [0.1, 0.15) is 50.5 Å². The summed E-state index contributed by atoms with van der Waals surface area (Å²) in [6.45, 7) is 1.21. The summed E-state index contributed by atoms with van der Waals surface area (Å²) in [7, 11) is 0. The van der Waals surface area contributed by atoms with Crippen molar-refractivity contribution in [3.63, 3.8) is 0 Å². The zero-order valence-corrected chi connectivity index (χ0v) is 14.6. The third-order valence-corrected chi connectivity index (χ3v) is 4.26. The second-order valence-electron chi connectivity index (χ2n) is 6.03. The van der Waals surface area contributed by atoms with E-state index in [1.165, 1.54) is 38.5 Å². The Morgan fingerprint density at radius 3 is 2.57 bits per heavy atom. The van der Waals surface area contributed by atoms with Gasteiger partial charge in [-0.05, 0) is 30.9 Å². The van der Waals surface area contributed by atoms with Gasteiger partial charge in [-0.15, -0.1) is 12.4 Å². The molecule has 0 unspecified atom stereocenters. The lowest BCUT2D eigenvalue weighted by atomic mass is 10.1. The Balaban J connectivity index is 0.00000264. The molecule has 0 radical (unpaired) electrons. The molecule has 3 N–H and O–H groups in total. The quantitative estimate of drug-likeness (QED) is 0.453. The van der Waals surface area contributed by atoms with Crippen LogP contribution < -0.4 is 11.1 Å². The first kappa shape index (κ1) is 19.8. The van der Waals surface area contributed by atoms with Gasteiger partial charge >= 0.3 is 0 Å². The van der Waals surface area contributed by atoms with Gasteiger partial charge in [0, 0.05) is 18.7 Å². The van der Waals surface area contributed by atoms with Crippen molar-refractivity contribution in [2.45, 2.75) is 57.5 Å². The summed E-state index contributed by atoms with van der Waals surface area (Å²) in [5.41, 5.74) is 7.66. The van der Waals surface area contributed by atoms with Gasteiger partial charge in [-0.2, -0.15) is 0 Å². The van der Waals surface area contributed by atoms with Crippen molar-refractivity contribution < 1.29 is 9.53 Å². The Labute approximate surface area is 145 Å². The molecule has 4 nitrogen and oxygen atoms in total. The Morgan fingerprint density at radius 1 is 1.17 bits per heavy atom. The van der Waals surface area contributed by atoms with Crippen LogP contribution >= 0.6 is 12.4 Å². The van der Waals surface area contributed by atoms with E-state index < -0.39 is 0 Å². The Bertz CT molecular complexity index is 460. The SMILES string of the molecule is Cl.Nc1ccccc1CCC(=O)NCCOC1CCCCCC1. The van der Waals surface area contributed by atoms with E-state index in [-0.39, 0.29) is 18.3 Å². The Kier molecular flexibility index (Phi) is 9.72. The fourth-order valence-corrected chi connectivity index (χ4v) is 2.92. The van der Waals surface area contributed by atoms with Crippen molar-refractivity contribution in [1.82, 2.24) is 5.32 Å². The first-order valence-electron chi connectivity index (χ1n) is 8.47. The number of nitrogens with two attached hydrogens (primary N) is 1. The highest BCUT2D eigenvalue weighted by atomic mass is 35.5. The monoisotopic (exact) mass is 340 g/mol. The molecule has 0 bridgehead atoms. The maximum Gasteiger partial charge on any atom is 0.220 e. The largest absolute Gasteiger partial charge is 0.399 e. The fraction of sp³-hybridized carbons (Fsp3) is 0.611. The second kappa shape index (κ2) is 11.3. The van der Waals surface area contributed by atoms with Crippen molar-refractivity contribution in [1.29, 1.82) is 0 Å². The summed E-state index contributed by atoms with van der Waals surface area (Å²) in [5.74, 6) is 0.0627. The van der Waals surface area contributed by atoms with E-state index in [2.05, 4.69) is 5.32 Å². The molecule has 1 aliphatic carbocycles. The van der Waals surface area contributed by atoms with Gasteiger partial charge in [0.1, 0.15) is 0 Å². The zero-order valence-electron chi connectivity index (χ0n) is 13.8. The highest BCUT2D eigenvalue weighted by Crippen LogP contribution is 2.19. The number of carbonyl (C=O) groups excluding carboxylic acids is 1. The Morgan fingerprint density at radius 2 is 1.87 bits per heavy atom. The van der Waals surface area contributed by atoms with E-state index in [1.54, 1.807) is 0 Å². The molecule has 0 saturated heterocycles. The molecule has 0 aromatic heterocycles. The van der Waals surface area contributed by atoms with E-state index in [0.29, 0.717) is 32.1 Å². The molecular weight excluding hydrogens is 312 g/mol. The van der Waals surface area contributed by atoms with E-state index in [4.69, 9.17) is 10.5 Å². The first-order valence-corrected chi connectivity index (χ1v) is 8.47. The van der Waals surface area contributed by atoms with Crippen LogP contribution in [-0.2, 0) is 16.0 Å². The molecule has 1 aliphatic rings. The van der Waals surface area contributed by atoms with Crippen LogP contribution in [0.5, 0.6) is 0 Å². The smallest absolute Gasteiger partial charge is 0.220 e. The molecular formula is C18H29ClN2O2. The number of para-hydroxylation sites is 1. The van der Waals surface area contributed by atoms with Crippen LogP contribution in [-0.4, -0.2) is 25.2 Å². The molecule has 130 valence electrons. The number of hydrogen-bond acceptors (Lipinski definition) is 3. The number of anilines is 1.